The highest BCUT2D eigenvalue weighted by atomic mass is 32.1. The molecule has 1 saturated heterocycles. The molecule has 1 atom stereocenters. The van der Waals surface area contributed by atoms with E-state index in [2.05, 4.69) is 15.0 Å². The fraction of sp³-hybridized carbons (Fsp3) is 0.300. The summed E-state index contributed by atoms with van der Waals surface area (Å²) in [4.78, 5) is 18.4. The standard InChI is InChI=1S/C20H19N5O5S/c26-14-7-9-23(10-8-14)16(12-3-5-13(6-4-12)25(28)29)17-19(27)24-20(31-17)21-18(22-24)15-2-1-11-30-15/h1-6,11,14,16,26-27H,7-10H2/t16-/m1/s1. The molecule has 11 heteroatoms. The quantitative estimate of drug-likeness (QED) is 0.357. The van der Waals surface area contributed by atoms with Crippen molar-refractivity contribution in [1.29, 1.82) is 0 Å². The van der Waals surface area contributed by atoms with Gasteiger partial charge in [-0.15, -0.1) is 5.10 Å². The summed E-state index contributed by atoms with van der Waals surface area (Å²) in [5.41, 5.74) is 0.819. The largest absolute Gasteiger partial charge is 0.492 e. The van der Waals surface area contributed by atoms with E-state index in [0.29, 0.717) is 47.4 Å². The normalized spacial score (nSPS) is 16.7. The SMILES string of the molecule is O=[N+]([O-])c1ccc([C@H](c2sc3nc(-c4ccco4)nn3c2O)N2CCC(O)CC2)cc1. The van der Waals surface area contributed by atoms with Gasteiger partial charge < -0.3 is 14.6 Å². The predicted octanol–water partition coefficient (Wildman–Crippen LogP) is 3.21. The molecule has 1 aromatic carbocycles. The Morgan fingerprint density at radius 3 is 2.58 bits per heavy atom. The number of nitro groups is 1. The van der Waals surface area contributed by atoms with Gasteiger partial charge in [0.1, 0.15) is 0 Å². The molecule has 1 aliphatic rings. The van der Waals surface area contributed by atoms with Gasteiger partial charge in [0, 0.05) is 25.2 Å². The summed E-state index contributed by atoms with van der Waals surface area (Å²) in [6.07, 6.45) is 2.42. The molecule has 0 radical (unpaired) electrons. The zero-order valence-electron chi connectivity index (χ0n) is 16.3. The van der Waals surface area contributed by atoms with Crippen molar-refractivity contribution in [2.24, 2.45) is 0 Å². The van der Waals surface area contributed by atoms with Crippen molar-refractivity contribution in [3.63, 3.8) is 0 Å². The van der Waals surface area contributed by atoms with E-state index >= 15 is 0 Å². The number of rotatable bonds is 5. The topological polar surface area (TPSA) is 130 Å². The minimum absolute atomic E-state index is 0.00604. The van der Waals surface area contributed by atoms with Crippen LogP contribution in [0.25, 0.3) is 16.5 Å². The van der Waals surface area contributed by atoms with Crippen LogP contribution in [0.2, 0.25) is 0 Å². The van der Waals surface area contributed by atoms with Gasteiger partial charge in [0.25, 0.3) is 5.69 Å². The number of aliphatic hydroxyl groups is 1. The zero-order chi connectivity index (χ0) is 21.5. The van der Waals surface area contributed by atoms with Crippen LogP contribution in [0.1, 0.15) is 29.3 Å². The van der Waals surface area contributed by atoms with Gasteiger partial charge in [-0.1, -0.05) is 23.5 Å². The van der Waals surface area contributed by atoms with Gasteiger partial charge in [0.2, 0.25) is 16.7 Å². The van der Waals surface area contributed by atoms with E-state index in [4.69, 9.17) is 4.42 Å². The van der Waals surface area contributed by atoms with Crippen molar-refractivity contribution in [2.75, 3.05) is 13.1 Å². The fourth-order valence-electron chi connectivity index (χ4n) is 3.89. The summed E-state index contributed by atoms with van der Waals surface area (Å²) in [5.74, 6) is 0.861. The number of aromatic hydroxyl groups is 1. The van der Waals surface area contributed by atoms with Gasteiger partial charge in [-0.3, -0.25) is 15.0 Å². The number of benzene rings is 1. The van der Waals surface area contributed by atoms with Crippen LogP contribution in [0.4, 0.5) is 5.69 Å². The lowest BCUT2D eigenvalue weighted by atomic mass is 9.99. The van der Waals surface area contributed by atoms with Gasteiger partial charge >= 0.3 is 0 Å². The molecule has 160 valence electrons. The Balaban J connectivity index is 1.57. The van der Waals surface area contributed by atoms with E-state index < -0.39 is 4.92 Å². The molecule has 0 spiro atoms. The number of fused-ring (bicyclic) bond motifs is 1. The number of likely N-dealkylation sites (tertiary alicyclic amines) is 1. The maximum Gasteiger partial charge on any atom is 0.269 e. The van der Waals surface area contributed by atoms with Crippen molar-refractivity contribution < 1.29 is 19.6 Å². The molecule has 2 N–H and O–H groups in total. The second-order valence-corrected chi connectivity index (χ2v) is 8.42. The first-order chi connectivity index (χ1) is 15.0. The van der Waals surface area contributed by atoms with Crippen molar-refractivity contribution >= 4 is 22.0 Å². The molecule has 0 aliphatic carbocycles. The van der Waals surface area contributed by atoms with Crippen molar-refractivity contribution in [3.8, 4) is 17.5 Å². The number of hydrogen-bond donors (Lipinski definition) is 2. The second kappa shape index (κ2) is 7.76. The van der Waals surface area contributed by atoms with E-state index in [1.807, 2.05) is 0 Å². The van der Waals surface area contributed by atoms with Crippen LogP contribution in [0.3, 0.4) is 0 Å². The van der Waals surface area contributed by atoms with Crippen LogP contribution in [-0.2, 0) is 0 Å². The highest BCUT2D eigenvalue weighted by Gasteiger charge is 2.32. The van der Waals surface area contributed by atoms with E-state index in [-0.39, 0.29) is 23.7 Å². The Bertz CT molecular complexity index is 1210. The lowest BCUT2D eigenvalue weighted by molar-refractivity contribution is -0.384. The van der Waals surface area contributed by atoms with E-state index in [1.54, 1.807) is 24.3 Å². The first kappa shape index (κ1) is 19.7. The number of piperidine rings is 1. The number of thiazole rings is 1. The fourth-order valence-corrected chi connectivity index (χ4v) is 5.01. The molecule has 31 heavy (non-hydrogen) atoms. The lowest BCUT2D eigenvalue weighted by Gasteiger charge is -2.35. The molecule has 10 nitrogen and oxygen atoms in total. The molecule has 1 aliphatic heterocycles. The number of nitrogens with zero attached hydrogens (tertiary/aromatic N) is 5. The minimum atomic E-state index is -0.438. The lowest BCUT2D eigenvalue weighted by Crippen LogP contribution is -2.38. The number of non-ortho nitro benzene ring substituents is 1. The molecule has 4 aromatic rings. The van der Waals surface area contributed by atoms with Crippen LogP contribution in [0, 0.1) is 10.1 Å². The van der Waals surface area contributed by atoms with Crippen LogP contribution >= 0.6 is 11.3 Å². The van der Waals surface area contributed by atoms with Crippen LogP contribution in [0.5, 0.6) is 5.88 Å². The Morgan fingerprint density at radius 1 is 1.23 bits per heavy atom. The number of furan rings is 1. The van der Waals surface area contributed by atoms with E-state index in [9.17, 15) is 20.3 Å². The van der Waals surface area contributed by atoms with Gasteiger partial charge in [0.15, 0.2) is 5.76 Å². The molecule has 0 saturated carbocycles. The molecule has 5 rings (SSSR count). The maximum absolute atomic E-state index is 11.1. The predicted molar refractivity (Wildman–Crippen MR) is 112 cm³/mol. The summed E-state index contributed by atoms with van der Waals surface area (Å²) in [6, 6.07) is 9.48. The Hall–Kier alpha value is -3.28. The van der Waals surface area contributed by atoms with Crippen LogP contribution in [-0.4, -0.2) is 53.8 Å². The van der Waals surface area contributed by atoms with E-state index in [1.165, 1.54) is 34.2 Å². The number of nitro benzene ring substituents is 1. The Morgan fingerprint density at radius 2 is 1.97 bits per heavy atom. The van der Waals surface area contributed by atoms with Crippen molar-refractivity contribution in [1.82, 2.24) is 19.5 Å². The summed E-state index contributed by atoms with van der Waals surface area (Å²) in [7, 11) is 0. The molecule has 0 unspecified atom stereocenters. The smallest absolute Gasteiger partial charge is 0.269 e. The Kier molecular flexibility index (Phi) is 4.93. The highest BCUT2D eigenvalue weighted by molar-refractivity contribution is 7.17. The average Bonchev–Trinajstić information content (AvgIpc) is 3.49. The van der Waals surface area contributed by atoms with Crippen molar-refractivity contribution in [3.05, 3.63) is 63.2 Å². The number of aliphatic hydroxyl groups excluding tert-OH is 1. The summed E-state index contributed by atoms with van der Waals surface area (Å²) in [6.45, 7) is 1.26. The third-order valence-electron chi connectivity index (χ3n) is 5.47. The third kappa shape index (κ3) is 3.56. The average molecular weight is 441 g/mol. The number of aromatic nitrogens is 3. The Labute approximate surface area is 180 Å². The molecule has 0 amide bonds. The summed E-state index contributed by atoms with van der Waals surface area (Å²) >= 11 is 1.31. The number of hydrogen-bond acceptors (Lipinski definition) is 9. The molecule has 1 fully saturated rings. The monoisotopic (exact) mass is 441 g/mol. The minimum Gasteiger partial charge on any atom is -0.492 e. The van der Waals surface area contributed by atoms with Crippen molar-refractivity contribution in [2.45, 2.75) is 25.0 Å². The summed E-state index contributed by atoms with van der Waals surface area (Å²) < 4.78 is 6.72. The van der Waals surface area contributed by atoms with Gasteiger partial charge in [0.05, 0.1) is 28.2 Å². The second-order valence-electron chi connectivity index (χ2n) is 7.42. The maximum atomic E-state index is 11.1. The molecule has 3 aromatic heterocycles. The molecule has 0 bridgehead atoms. The molecular weight excluding hydrogens is 422 g/mol. The van der Waals surface area contributed by atoms with Crippen LogP contribution in [0.15, 0.2) is 47.1 Å². The van der Waals surface area contributed by atoms with Gasteiger partial charge in [-0.05, 0) is 30.5 Å². The summed E-state index contributed by atoms with van der Waals surface area (Å²) in [5, 5.41) is 36.4. The first-order valence-electron chi connectivity index (χ1n) is 9.80. The first-order valence-corrected chi connectivity index (χ1v) is 10.6. The van der Waals surface area contributed by atoms with Crippen LogP contribution < -0.4 is 0 Å². The zero-order valence-corrected chi connectivity index (χ0v) is 17.1. The molecular formula is C20H19N5O5S. The highest BCUT2D eigenvalue weighted by Crippen LogP contribution is 2.41. The van der Waals surface area contributed by atoms with Gasteiger partial charge in [-0.2, -0.15) is 9.50 Å². The van der Waals surface area contributed by atoms with Gasteiger partial charge in [-0.25, -0.2) is 0 Å². The van der Waals surface area contributed by atoms with E-state index in [0.717, 1.165) is 5.56 Å². The molecule has 4 heterocycles. The third-order valence-corrected chi connectivity index (χ3v) is 6.55.